The summed E-state index contributed by atoms with van der Waals surface area (Å²) in [6.07, 6.45) is 0. The van der Waals surface area contributed by atoms with Gasteiger partial charge in [-0.1, -0.05) is 145 Å². The van der Waals surface area contributed by atoms with E-state index >= 15 is 0 Å². The third kappa shape index (κ3) is 4.83. The molecule has 1 heterocycles. The number of anilines is 3. The fraction of sp³-hybridized carbons (Fsp3) is 0. The van der Waals surface area contributed by atoms with E-state index in [-0.39, 0.29) is 46.7 Å². The van der Waals surface area contributed by atoms with Crippen molar-refractivity contribution in [2.24, 2.45) is 0 Å². The van der Waals surface area contributed by atoms with Gasteiger partial charge in [0.15, 0.2) is 0 Å². The van der Waals surface area contributed by atoms with E-state index in [0.29, 0.717) is 33.5 Å². The van der Waals surface area contributed by atoms with Crippen LogP contribution < -0.4 is 4.90 Å². The number of hydrogen-bond acceptors (Lipinski definition) is 2. The molecule has 0 radical (unpaired) electrons. The highest BCUT2D eigenvalue weighted by molar-refractivity contribution is 6.19. The number of benzene rings is 8. The molecule has 8 aromatic carbocycles. The molecule has 0 atom stereocenters. The van der Waals surface area contributed by atoms with Crippen LogP contribution in [0.1, 0.15) is 11.0 Å². The minimum absolute atomic E-state index is 0.110. The number of rotatable bonds is 6. The normalized spacial score (nSPS) is 13.7. The van der Waals surface area contributed by atoms with Gasteiger partial charge in [-0.3, -0.25) is 0 Å². The Labute approximate surface area is 291 Å². The zero-order valence-corrected chi connectivity index (χ0v) is 25.6. The molecule has 0 aliphatic rings. The Morgan fingerprint density at radius 1 is 0.417 bits per heavy atom. The number of furan rings is 1. The van der Waals surface area contributed by atoms with Crippen LogP contribution in [0.4, 0.5) is 17.1 Å². The van der Waals surface area contributed by atoms with Crippen LogP contribution in [0.2, 0.25) is 0 Å². The van der Waals surface area contributed by atoms with Crippen molar-refractivity contribution >= 4 is 49.8 Å². The Hall–Kier alpha value is -6.38. The van der Waals surface area contributed by atoms with E-state index in [1.165, 1.54) is 4.90 Å². The molecule has 0 amide bonds. The quantitative estimate of drug-likeness (QED) is 0.184. The molecular weight excluding hydrogens is 583 g/mol. The van der Waals surface area contributed by atoms with E-state index in [4.69, 9.17) is 4.42 Å². The number of nitrogens with zero attached hydrogens (tertiary/aromatic N) is 1. The summed E-state index contributed by atoms with van der Waals surface area (Å²) in [6, 6.07) is 39.7. The maximum Gasteiger partial charge on any atom is 0.143 e. The molecule has 0 unspecified atom stereocenters. The highest BCUT2D eigenvalue weighted by atomic mass is 16.3. The molecule has 0 saturated carbocycles. The van der Waals surface area contributed by atoms with Gasteiger partial charge in [0.05, 0.1) is 16.7 Å². The van der Waals surface area contributed by atoms with E-state index in [1.54, 1.807) is 72.8 Å². The Morgan fingerprint density at radius 3 is 1.65 bits per heavy atom. The predicted octanol–water partition coefficient (Wildman–Crippen LogP) is 13.2. The van der Waals surface area contributed by atoms with Crippen molar-refractivity contribution in [2.45, 2.75) is 0 Å². The highest BCUT2D eigenvalue weighted by Gasteiger charge is 2.21. The fourth-order valence-electron chi connectivity index (χ4n) is 6.36. The molecular formula is C46H31NO. The van der Waals surface area contributed by atoms with E-state index in [9.17, 15) is 11.0 Å². The molecule has 226 valence electrons. The van der Waals surface area contributed by atoms with Crippen LogP contribution in [0.5, 0.6) is 0 Å². The summed E-state index contributed by atoms with van der Waals surface area (Å²) in [5.41, 5.74) is 3.79. The lowest BCUT2D eigenvalue weighted by molar-refractivity contribution is 0.673. The van der Waals surface area contributed by atoms with Gasteiger partial charge in [0, 0.05) is 33.1 Å². The molecule has 0 bridgehead atoms. The topological polar surface area (TPSA) is 16.4 Å². The first-order valence-electron chi connectivity index (χ1n) is 19.7. The molecule has 0 fully saturated rings. The minimum Gasteiger partial charge on any atom is -0.455 e. The summed E-state index contributed by atoms with van der Waals surface area (Å²) in [7, 11) is 0. The Balaban J connectivity index is 1.38. The second-order valence-electron chi connectivity index (χ2n) is 11.5. The average Bonchev–Trinajstić information content (AvgIpc) is 3.62. The van der Waals surface area contributed by atoms with E-state index in [0.717, 1.165) is 27.1 Å². The van der Waals surface area contributed by atoms with E-state index in [2.05, 4.69) is 0 Å². The van der Waals surface area contributed by atoms with Crippen LogP contribution in [0.15, 0.2) is 192 Å². The van der Waals surface area contributed by atoms with Crippen LogP contribution in [-0.2, 0) is 0 Å². The summed E-state index contributed by atoms with van der Waals surface area (Å²) in [5, 5.41) is 3.64. The van der Waals surface area contributed by atoms with Gasteiger partial charge in [-0.25, -0.2) is 0 Å². The lowest BCUT2D eigenvalue weighted by Gasteiger charge is -2.28. The zero-order chi connectivity index (χ0) is 38.8. The largest absolute Gasteiger partial charge is 0.455 e. The molecule has 0 spiro atoms. The second-order valence-corrected chi connectivity index (χ2v) is 11.5. The molecule has 1 aromatic heterocycles. The number of para-hydroxylation sites is 1. The Bertz CT molecular complexity index is 2850. The maximum atomic E-state index is 9.48. The van der Waals surface area contributed by atoms with Crippen LogP contribution in [-0.4, -0.2) is 0 Å². The van der Waals surface area contributed by atoms with Crippen LogP contribution >= 0.6 is 0 Å². The standard InChI is InChI=1S/C46H31NO/c1-3-12-32(13-4-1)34-22-27-37(28-23-34)47(38-29-24-35(25-30-38)33-14-5-2-6-15-33)43-20-10-9-18-40(43)41-19-11-21-44-45(41)42-31-26-36-16-7-8-17-39(36)46(42)48-44/h1-31H/i22D,23D,24D,25D,27D,28D,29D,30D. The minimum atomic E-state index is -0.401. The molecule has 9 rings (SSSR count). The molecule has 0 N–H and O–H groups in total. The van der Waals surface area contributed by atoms with Crippen LogP contribution in [0.25, 0.3) is 66.1 Å². The molecule has 2 nitrogen and oxygen atoms in total. The monoisotopic (exact) mass is 621 g/mol. The number of fused-ring (bicyclic) bond motifs is 5. The summed E-state index contributed by atoms with van der Waals surface area (Å²) in [6.45, 7) is 0. The molecule has 0 aliphatic heterocycles. The summed E-state index contributed by atoms with van der Waals surface area (Å²) in [4.78, 5) is 1.37. The third-order valence-corrected chi connectivity index (χ3v) is 8.62. The Kier molecular flexibility index (Phi) is 5.07. The molecule has 48 heavy (non-hydrogen) atoms. The smallest absolute Gasteiger partial charge is 0.143 e. The van der Waals surface area contributed by atoms with Gasteiger partial charge < -0.3 is 9.32 Å². The lowest BCUT2D eigenvalue weighted by atomic mass is 9.96. The van der Waals surface area contributed by atoms with Gasteiger partial charge >= 0.3 is 0 Å². The van der Waals surface area contributed by atoms with Gasteiger partial charge in [0.1, 0.15) is 11.2 Å². The van der Waals surface area contributed by atoms with Crippen LogP contribution in [0, 0.1) is 0 Å². The van der Waals surface area contributed by atoms with Crippen molar-refractivity contribution in [2.75, 3.05) is 4.90 Å². The van der Waals surface area contributed by atoms with Gasteiger partial charge in [0.2, 0.25) is 0 Å². The van der Waals surface area contributed by atoms with Crippen molar-refractivity contribution in [3.63, 3.8) is 0 Å². The predicted molar refractivity (Wildman–Crippen MR) is 202 cm³/mol. The molecule has 2 heteroatoms. The summed E-state index contributed by atoms with van der Waals surface area (Å²) in [5.74, 6) is 0. The highest BCUT2D eigenvalue weighted by Crippen LogP contribution is 2.46. The first-order valence-corrected chi connectivity index (χ1v) is 15.7. The SMILES string of the molecule is [2H]c1c([2H])c(N(c2ccccc2-c2cccc3oc4c5ccccc5ccc4c23)c2c([2H])c([2H])c(-c3ccccc3)c([2H])c2[2H])c([2H])c([2H])c1-c1ccccc1. The first kappa shape index (κ1) is 20.7. The zero-order valence-electron chi connectivity index (χ0n) is 33.6. The van der Waals surface area contributed by atoms with Gasteiger partial charge in [-0.15, -0.1) is 0 Å². The summed E-state index contributed by atoms with van der Waals surface area (Å²) < 4.78 is 81.4. The first-order chi connectivity index (χ1) is 27.2. The van der Waals surface area contributed by atoms with Crippen molar-refractivity contribution in [3.8, 4) is 33.4 Å². The van der Waals surface area contributed by atoms with Crippen molar-refractivity contribution in [1.29, 1.82) is 0 Å². The molecule has 0 aliphatic carbocycles. The molecule has 9 aromatic rings. The van der Waals surface area contributed by atoms with Crippen molar-refractivity contribution < 1.29 is 15.4 Å². The molecule has 0 saturated heterocycles. The summed E-state index contributed by atoms with van der Waals surface area (Å²) >= 11 is 0. The van der Waals surface area contributed by atoms with Gasteiger partial charge in [0.25, 0.3) is 0 Å². The average molecular weight is 622 g/mol. The lowest BCUT2D eigenvalue weighted by Crippen LogP contribution is -2.11. The third-order valence-electron chi connectivity index (χ3n) is 8.62. The van der Waals surface area contributed by atoms with Crippen molar-refractivity contribution in [1.82, 2.24) is 0 Å². The Morgan fingerprint density at radius 2 is 0.979 bits per heavy atom. The fourth-order valence-corrected chi connectivity index (χ4v) is 6.36. The van der Waals surface area contributed by atoms with Crippen molar-refractivity contribution in [3.05, 3.63) is 188 Å². The number of hydrogen-bond donors (Lipinski definition) is 0. The van der Waals surface area contributed by atoms with Crippen LogP contribution in [0.3, 0.4) is 0 Å². The van der Waals surface area contributed by atoms with Gasteiger partial charge in [-0.2, -0.15) is 0 Å². The maximum absolute atomic E-state index is 9.48. The van der Waals surface area contributed by atoms with E-state index < -0.39 is 24.2 Å². The second kappa shape index (κ2) is 11.8. The van der Waals surface area contributed by atoms with Gasteiger partial charge in [-0.05, 0) is 75.6 Å². The van der Waals surface area contributed by atoms with E-state index in [1.807, 2.05) is 66.7 Å².